The SMILES string of the molecule is O=C(OCc1nc2ccccc2n1C(F)F)c1ccc([N+](=O)[O-])s1. The summed E-state index contributed by atoms with van der Waals surface area (Å²) in [6.45, 7) is -3.31. The number of alkyl halides is 2. The van der Waals surface area contributed by atoms with E-state index in [1.807, 2.05) is 0 Å². The molecule has 0 saturated heterocycles. The highest BCUT2D eigenvalue weighted by atomic mass is 32.1. The zero-order valence-corrected chi connectivity index (χ0v) is 12.7. The van der Waals surface area contributed by atoms with Crippen molar-refractivity contribution in [3.05, 3.63) is 57.2 Å². The second kappa shape index (κ2) is 6.32. The highest BCUT2D eigenvalue weighted by Crippen LogP contribution is 2.26. The molecule has 0 aliphatic rings. The Kier molecular flexibility index (Phi) is 4.21. The number of aromatic nitrogens is 2. The van der Waals surface area contributed by atoms with Crippen LogP contribution < -0.4 is 0 Å². The Labute approximate surface area is 137 Å². The minimum atomic E-state index is -2.84. The third-order valence-corrected chi connectivity index (χ3v) is 4.19. The van der Waals surface area contributed by atoms with Crippen LogP contribution in [0.15, 0.2) is 36.4 Å². The zero-order valence-electron chi connectivity index (χ0n) is 11.9. The number of para-hydroxylation sites is 2. The quantitative estimate of drug-likeness (QED) is 0.396. The molecule has 0 aliphatic carbocycles. The van der Waals surface area contributed by atoms with E-state index in [0.29, 0.717) is 21.4 Å². The normalized spacial score (nSPS) is 11.1. The van der Waals surface area contributed by atoms with Gasteiger partial charge in [-0.05, 0) is 18.2 Å². The van der Waals surface area contributed by atoms with Crippen molar-refractivity contribution in [2.45, 2.75) is 13.2 Å². The number of carbonyl (C=O) groups excluding carboxylic acids is 1. The van der Waals surface area contributed by atoms with E-state index in [1.54, 1.807) is 18.2 Å². The molecule has 0 bridgehead atoms. The van der Waals surface area contributed by atoms with Crippen LogP contribution in [0.25, 0.3) is 11.0 Å². The molecule has 124 valence electrons. The monoisotopic (exact) mass is 353 g/mol. The highest BCUT2D eigenvalue weighted by molar-refractivity contribution is 7.17. The molecule has 2 aromatic heterocycles. The van der Waals surface area contributed by atoms with Gasteiger partial charge in [0.15, 0.2) is 5.82 Å². The summed E-state index contributed by atoms with van der Waals surface area (Å²) < 4.78 is 32.1. The zero-order chi connectivity index (χ0) is 17.3. The summed E-state index contributed by atoms with van der Waals surface area (Å²) in [5, 5.41) is 10.4. The van der Waals surface area contributed by atoms with Crippen molar-refractivity contribution < 1.29 is 23.2 Å². The second-order valence-corrected chi connectivity index (χ2v) is 5.70. The highest BCUT2D eigenvalue weighted by Gasteiger charge is 2.20. The van der Waals surface area contributed by atoms with Crippen LogP contribution in [0.3, 0.4) is 0 Å². The van der Waals surface area contributed by atoms with Crippen LogP contribution in [-0.4, -0.2) is 20.4 Å². The molecule has 0 saturated carbocycles. The van der Waals surface area contributed by atoms with E-state index in [2.05, 4.69) is 4.98 Å². The average Bonchev–Trinajstić information content (AvgIpc) is 3.16. The summed E-state index contributed by atoms with van der Waals surface area (Å²) >= 11 is 0.651. The molecule has 10 heteroatoms. The van der Waals surface area contributed by atoms with Crippen LogP contribution in [0.4, 0.5) is 13.8 Å². The van der Waals surface area contributed by atoms with Crippen LogP contribution in [0.5, 0.6) is 0 Å². The van der Waals surface area contributed by atoms with Gasteiger partial charge >= 0.3 is 17.5 Å². The number of ether oxygens (including phenoxy) is 1. The van der Waals surface area contributed by atoms with Gasteiger partial charge in [0.25, 0.3) is 0 Å². The standard InChI is InChI=1S/C14H9F2N3O4S/c15-14(16)18-9-4-2-1-3-8(9)17-11(18)7-23-13(20)10-5-6-12(24-10)19(21)22/h1-6,14H,7H2. The van der Waals surface area contributed by atoms with Gasteiger partial charge in [0, 0.05) is 6.07 Å². The molecule has 24 heavy (non-hydrogen) atoms. The Bertz CT molecular complexity index is 922. The first kappa shape index (κ1) is 16.0. The Balaban J connectivity index is 1.81. The van der Waals surface area contributed by atoms with Crippen molar-refractivity contribution in [3.8, 4) is 0 Å². The molecule has 0 N–H and O–H groups in total. The molecule has 3 rings (SSSR count). The molecule has 3 aromatic rings. The summed E-state index contributed by atoms with van der Waals surface area (Å²) in [6.07, 6.45) is 0. The number of hydrogen-bond donors (Lipinski definition) is 0. The lowest BCUT2D eigenvalue weighted by Gasteiger charge is -2.07. The molecule has 0 aliphatic heterocycles. The summed E-state index contributed by atoms with van der Waals surface area (Å²) in [5.41, 5.74) is 0.584. The number of benzene rings is 1. The summed E-state index contributed by atoms with van der Waals surface area (Å²) in [7, 11) is 0. The van der Waals surface area contributed by atoms with Gasteiger partial charge in [-0.1, -0.05) is 23.5 Å². The van der Waals surface area contributed by atoms with Crippen molar-refractivity contribution in [2.75, 3.05) is 0 Å². The molecule has 0 unspecified atom stereocenters. The van der Waals surface area contributed by atoms with Gasteiger partial charge in [0.1, 0.15) is 11.5 Å². The topological polar surface area (TPSA) is 87.3 Å². The third kappa shape index (κ3) is 2.95. The van der Waals surface area contributed by atoms with Crippen LogP contribution >= 0.6 is 11.3 Å². The van der Waals surface area contributed by atoms with E-state index in [9.17, 15) is 23.7 Å². The average molecular weight is 353 g/mol. The lowest BCUT2D eigenvalue weighted by atomic mass is 10.3. The lowest BCUT2D eigenvalue weighted by molar-refractivity contribution is -0.380. The number of esters is 1. The van der Waals surface area contributed by atoms with Gasteiger partial charge in [-0.25, -0.2) is 9.78 Å². The molecule has 0 spiro atoms. The van der Waals surface area contributed by atoms with Crippen molar-refractivity contribution >= 4 is 33.3 Å². The third-order valence-electron chi connectivity index (χ3n) is 3.17. The fourth-order valence-electron chi connectivity index (χ4n) is 2.15. The molecule has 0 amide bonds. The number of carbonyl (C=O) groups is 1. The van der Waals surface area contributed by atoms with Gasteiger partial charge in [-0.15, -0.1) is 0 Å². The first-order chi connectivity index (χ1) is 11.5. The number of hydrogen-bond acceptors (Lipinski definition) is 6. The molecule has 7 nitrogen and oxygen atoms in total. The maximum Gasteiger partial charge on any atom is 0.348 e. The molecule has 0 atom stereocenters. The van der Waals surface area contributed by atoms with Gasteiger partial charge in [-0.2, -0.15) is 8.78 Å². The summed E-state index contributed by atoms with van der Waals surface area (Å²) in [4.78, 5) is 25.9. The molecule has 0 fully saturated rings. The maximum atomic E-state index is 13.2. The number of rotatable bonds is 5. The van der Waals surface area contributed by atoms with Crippen LogP contribution in [-0.2, 0) is 11.3 Å². The van der Waals surface area contributed by atoms with Gasteiger partial charge in [0.05, 0.1) is 16.0 Å². The Hall–Kier alpha value is -2.88. The minimum absolute atomic E-state index is 0.0152. The molecule has 2 heterocycles. The Morgan fingerprint density at radius 1 is 1.33 bits per heavy atom. The van der Waals surface area contributed by atoms with E-state index < -0.39 is 24.0 Å². The van der Waals surface area contributed by atoms with E-state index in [1.165, 1.54) is 18.2 Å². The fraction of sp³-hybridized carbons (Fsp3) is 0.143. The smallest absolute Gasteiger partial charge is 0.348 e. The maximum absolute atomic E-state index is 13.2. The molecule has 0 radical (unpaired) electrons. The largest absolute Gasteiger partial charge is 0.453 e. The van der Waals surface area contributed by atoms with Crippen LogP contribution in [0.2, 0.25) is 0 Å². The number of nitrogens with zero attached hydrogens (tertiary/aromatic N) is 3. The summed E-state index contributed by atoms with van der Waals surface area (Å²) in [6, 6.07) is 8.75. The van der Waals surface area contributed by atoms with E-state index in [4.69, 9.17) is 4.74 Å². The summed E-state index contributed by atoms with van der Waals surface area (Å²) in [5.74, 6) is -0.938. The molecular formula is C14H9F2N3O4S. The fourth-order valence-corrected chi connectivity index (χ4v) is 2.86. The number of thiophene rings is 1. The van der Waals surface area contributed by atoms with Crippen molar-refractivity contribution in [1.29, 1.82) is 0 Å². The first-order valence-corrected chi connectivity index (χ1v) is 7.44. The van der Waals surface area contributed by atoms with Gasteiger partial charge in [0.2, 0.25) is 0 Å². The number of imidazole rings is 1. The molecular weight excluding hydrogens is 344 g/mol. The Morgan fingerprint density at radius 3 is 2.75 bits per heavy atom. The predicted octanol–water partition coefficient (Wildman–Crippen LogP) is 3.76. The van der Waals surface area contributed by atoms with Crippen LogP contribution in [0, 0.1) is 10.1 Å². The van der Waals surface area contributed by atoms with Crippen molar-refractivity contribution in [3.63, 3.8) is 0 Å². The predicted molar refractivity (Wildman–Crippen MR) is 81.1 cm³/mol. The van der Waals surface area contributed by atoms with Crippen molar-refractivity contribution in [2.24, 2.45) is 0 Å². The lowest BCUT2D eigenvalue weighted by Crippen LogP contribution is -2.09. The first-order valence-electron chi connectivity index (χ1n) is 6.62. The number of nitro groups is 1. The van der Waals surface area contributed by atoms with E-state index in [0.717, 1.165) is 0 Å². The second-order valence-electron chi connectivity index (χ2n) is 4.64. The van der Waals surface area contributed by atoms with Crippen LogP contribution in [0.1, 0.15) is 22.0 Å². The molecule has 1 aromatic carbocycles. The van der Waals surface area contributed by atoms with Gasteiger partial charge in [-0.3, -0.25) is 14.7 Å². The number of halogens is 2. The minimum Gasteiger partial charge on any atom is -0.453 e. The van der Waals surface area contributed by atoms with E-state index in [-0.39, 0.29) is 21.2 Å². The van der Waals surface area contributed by atoms with Gasteiger partial charge < -0.3 is 4.74 Å². The Morgan fingerprint density at radius 2 is 2.08 bits per heavy atom. The van der Waals surface area contributed by atoms with E-state index >= 15 is 0 Å². The van der Waals surface area contributed by atoms with Crippen molar-refractivity contribution in [1.82, 2.24) is 9.55 Å². The number of fused-ring (bicyclic) bond motifs is 1.